The second-order valence-electron chi connectivity index (χ2n) is 13.3. The number of alkyl halides is 6. The smallest absolute Gasteiger partial charge is 0.419 e. The zero-order chi connectivity index (χ0) is 36.4. The van der Waals surface area contributed by atoms with Gasteiger partial charge in [-0.1, -0.05) is 6.07 Å². The predicted octanol–water partition coefficient (Wildman–Crippen LogP) is 6.90. The normalized spacial score (nSPS) is 17.9. The minimum Gasteiger partial charge on any atom is -0.496 e. The van der Waals surface area contributed by atoms with Crippen molar-refractivity contribution >= 4 is 23.5 Å². The number of ether oxygens (including phenoxy) is 2. The van der Waals surface area contributed by atoms with E-state index in [2.05, 4.69) is 20.3 Å². The fourth-order valence-electron chi connectivity index (χ4n) is 6.17. The van der Waals surface area contributed by atoms with E-state index in [1.807, 2.05) is 25.7 Å². The number of nitrogens with zero attached hydrogens (tertiary/aromatic N) is 5. The van der Waals surface area contributed by atoms with E-state index >= 15 is 0 Å². The number of halogens is 6. The molecule has 2 aliphatic rings. The summed E-state index contributed by atoms with van der Waals surface area (Å²) in [5, 5.41) is 2.58. The lowest BCUT2D eigenvalue weighted by Gasteiger charge is -2.33. The Morgan fingerprint density at radius 2 is 1.64 bits per heavy atom. The molecule has 4 heterocycles. The van der Waals surface area contributed by atoms with Crippen LogP contribution in [0.25, 0.3) is 11.1 Å². The van der Waals surface area contributed by atoms with Gasteiger partial charge in [0, 0.05) is 31.4 Å². The van der Waals surface area contributed by atoms with Crippen LogP contribution in [0.3, 0.4) is 0 Å². The number of carbonyl (C=O) groups excluding carboxylic acids is 2. The number of anilines is 2. The van der Waals surface area contributed by atoms with Crippen molar-refractivity contribution in [3.63, 3.8) is 0 Å². The third-order valence-electron chi connectivity index (χ3n) is 8.59. The SMILES string of the molecule is COc1ccc(-c2cnc(NC(=O)c3cnc(N4CCC(C(=O)OC(C)(C)C)CC4)cn3)cc2CN2CCC[C@H]2C(F)(F)F)cc1C(F)(F)F. The van der Waals surface area contributed by atoms with Crippen LogP contribution >= 0.6 is 0 Å². The molecule has 270 valence electrons. The Balaban J connectivity index is 1.34. The number of likely N-dealkylation sites (tertiary alicyclic amines) is 1. The molecule has 0 aliphatic carbocycles. The number of methoxy groups -OCH3 is 1. The standard InChI is InChI=1S/C34H38F6N6O4/c1-32(2,3)50-31(48)20-9-12-45(13-10-20)29-18-41-25(17-43-29)30(47)44-28-15-22(19-46-11-5-6-27(46)34(38,39)40)23(16-42-28)21-7-8-26(49-4)24(14-21)33(35,36)37/h7-8,14-18,20,27H,5-6,9-13,19H2,1-4H3,(H,42,44,47)/t27-/m0/s1. The summed E-state index contributed by atoms with van der Waals surface area (Å²) < 4.78 is 93.3. The van der Waals surface area contributed by atoms with E-state index in [1.54, 1.807) is 0 Å². The van der Waals surface area contributed by atoms with Crippen LogP contribution in [0.1, 0.15) is 68.1 Å². The Hall–Kier alpha value is -4.47. The highest BCUT2D eigenvalue weighted by molar-refractivity contribution is 6.02. The molecule has 2 saturated heterocycles. The van der Waals surface area contributed by atoms with Gasteiger partial charge in [-0.05, 0) is 82.3 Å². The highest BCUT2D eigenvalue weighted by Gasteiger charge is 2.46. The number of hydrogen-bond acceptors (Lipinski definition) is 9. The predicted molar refractivity (Wildman–Crippen MR) is 171 cm³/mol. The highest BCUT2D eigenvalue weighted by Crippen LogP contribution is 2.40. The maximum absolute atomic E-state index is 13.8. The second kappa shape index (κ2) is 14.4. The average Bonchev–Trinajstić information content (AvgIpc) is 3.53. The number of aromatic nitrogens is 3. The van der Waals surface area contributed by atoms with E-state index in [0.29, 0.717) is 38.2 Å². The van der Waals surface area contributed by atoms with Crippen LogP contribution < -0.4 is 15.0 Å². The van der Waals surface area contributed by atoms with Gasteiger partial charge in [0.05, 0.1) is 31.0 Å². The Morgan fingerprint density at radius 3 is 2.24 bits per heavy atom. The van der Waals surface area contributed by atoms with E-state index in [-0.39, 0.29) is 59.6 Å². The Kier molecular flexibility index (Phi) is 10.6. The topological polar surface area (TPSA) is 110 Å². The van der Waals surface area contributed by atoms with Crippen molar-refractivity contribution in [2.75, 3.05) is 37.0 Å². The average molecular weight is 709 g/mol. The van der Waals surface area contributed by atoms with Crippen LogP contribution in [0.15, 0.2) is 42.9 Å². The molecule has 10 nitrogen and oxygen atoms in total. The lowest BCUT2D eigenvalue weighted by molar-refractivity contribution is -0.177. The third kappa shape index (κ3) is 8.81. The summed E-state index contributed by atoms with van der Waals surface area (Å²) in [4.78, 5) is 41.5. The van der Waals surface area contributed by atoms with Crippen molar-refractivity contribution in [3.8, 4) is 16.9 Å². The van der Waals surface area contributed by atoms with Gasteiger partial charge >= 0.3 is 18.3 Å². The first-order chi connectivity index (χ1) is 23.4. The zero-order valence-electron chi connectivity index (χ0n) is 28.0. The molecule has 2 aliphatic heterocycles. The summed E-state index contributed by atoms with van der Waals surface area (Å²) in [5.74, 6) is -1.09. The van der Waals surface area contributed by atoms with Gasteiger partial charge < -0.3 is 19.7 Å². The number of piperidine rings is 1. The van der Waals surface area contributed by atoms with Crippen molar-refractivity contribution in [2.45, 2.75) is 77.0 Å². The number of esters is 1. The number of amides is 1. The molecule has 1 N–H and O–H groups in total. The number of rotatable bonds is 8. The fraction of sp³-hybridized carbons (Fsp3) is 0.500. The van der Waals surface area contributed by atoms with E-state index in [4.69, 9.17) is 9.47 Å². The first-order valence-corrected chi connectivity index (χ1v) is 16.1. The van der Waals surface area contributed by atoms with Crippen LogP contribution in [-0.4, -0.2) is 76.3 Å². The molecule has 3 aromatic rings. The lowest BCUT2D eigenvalue weighted by Crippen LogP contribution is -2.40. The Labute approximate surface area is 285 Å². The number of carbonyl (C=O) groups is 2. The van der Waals surface area contributed by atoms with E-state index in [1.165, 1.54) is 35.6 Å². The van der Waals surface area contributed by atoms with Crippen molar-refractivity contribution in [2.24, 2.45) is 5.92 Å². The summed E-state index contributed by atoms with van der Waals surface area (Å²) in [5.41, 5.74) is -1.21. The number of pyridine rings is 1. The molecule has 0 bridgehead atoms. The first-order valence-electron chi connectivity index (χ1n) is 16.1. The molecular weight excluding hydrogens is 670 g/mol. The largest absolute Gasteiger partial charge is 0.496 e. The highest BCUT2D eigenvalue weighted by atomic mass is 19.4. The summed E-state index contributed by atoms with van der Waals surface area (Å²) in [6, 6.07) is 3.00. The first kappa shape index (κ1) is 36.8. The van der Waals surface area contributed by atoms with Crippen LogP contribution in [-0.2, 0) is 22.3 Å². The van der Waals surface area contributed by atoms with Crippen molar-refractivity contribution < 1.29 is 45.4 Å². The van der Waals surface area contributed by atoms with E-state index < -0.39 is 41.2 Å². The van der Waals surface area contributed by atoms with Gasteiger partial charge in [0.15, 0.2) is 0 Å². The molecule has 1 aromatic carbocycles. The van der Waals surface area contributed by atoms with Gasteiger partial charge in [-0.25, -0.2) is 15.0 Å². The minimum absolute atomic E-state index is 0.0313. The molecule has 16 heteroatoms. The maximum Gasteiger partial charge on any atom is 0.419 e. The Morgan fingerprint density at radius 1 is 0.920 bits per heavy atom. The molecule has 0 spiro atoms. The third-order valence-corrected chi connectivity index (χ3v) is 8.59. The fourth-order valence-corrected chi connectivity index (χ4v) is 6.17. The summed E-state index contributed by atoms with van der Waals surface area (Å²) in [7, 11) is 1.11. The monoisotopic (exact) mass is 708 g/mol. The van der Waals surface area contributed by atoms with Gasteiger partial charge in [-0.15, -0.1) is 0 Å². The summed E-state index contributed by atoms with van der Waals surface area (Å²) in [6.45, 7) is 6.40. The van der Waals surface area contributed by atoms with E-state index in [9.17, 15) is 35.9 Å². The van der Waals surface area contributed by atoms with Crippen LogP contribution in [0, 0.1) is 5.92 Å². The summed E-state index contributed by atoms with van der Waals surface area (Å²) >= 11 is 0. The van der Waals surface area contributed by atoms with E-state index in [0.717, 1.165) is 19.2 Å². The molecule has 0 saturated carbocycles. The zero-order valence-corrected chi connectivity index (χ0v) is 28.0. The quantitative estimate of drug-likeness (QED) is 0.197. The molecule has 2 aromatic heterocycles. The maximum atomic E-state index is 13.8. The van der Waals surface area contributed by atoms with Gasteiger partial charge in [0.2, 0.25) is 0 Å². The summed E-state index contributed by atoms with van der Waals surface area (Å²) in [6.07, 6.45) is -4.01. The molecule has 0 radical (unpaired) electrons. The molecule has 2 fully saturated rings. The van der Waals surface area contributed by atoms with Gasteiger partial charge in [0.25, 0.3) is 5.91 Å². The number of hydrogen-bond donors (Lipinski definition) is 1. The van der Waals surface area contributed by atoms with Crippen LogP contribution in [0.5, 0.6) is 5.75 Å². The van der Waals surface area contributed by atoms with Gasteiger partial charge in [-0.2, -0.15) is 26.3 Å². The van der Waals surface area contributed by atoms with Crippen molar-refractivity contribution in [3.05, 3.63) is 59.7 Å². The van der Waals surface area contributed by atoms with Gasteiger partial charge in [-0.3, -0.25) is 14.5 Å². The van der Waals surface area contributed by atoms with Crippen LogP contribution in [0.2, 0.25) is 0 Å². The lowest BCUT2D eigenvalue weighted by atomic mass is 9.96. The molecule has 0 unspecified atom stereocenters. The Bertz CT molecular complexity index is 1690. The van der Waals surface area contributed by atoms with Crippen molar-refractivity contribution in [1.82, 2.24) is 19.9 Å². The molecule has 5 rings (SSSR count). The minimum atomic E-state index is -4.76. The number of nitrogens with one attached hydrogen (secondary N) is 1. The molecule has 1 atom stereocenters. The van der Waals surface area contributed by atoms with Crippen LogP contribution in [0.4, 0.5) is 38.0 Å². The molecule has 1 amide bonds. The molecular formula is C34H38F6N6O4. The number of benzene rings is 1. The van der Waals surface area contributed by atoms with Gasteiger partial charge in [0.1, 0.15) is 34.7 Å². The second-order valence-corrected chi connectivity index (χ2v) is 13.3. The molecule has 50 heavy (non-hydrogen) atoms. The van der Waals surface area contributed by atoms with Crippen molar-refractivity contribution in [1.29, 1.82) is 0 Å².